The summed E-state index contributed by atoms with van der Waals surface area (Å²) in [5, 5.41) is 8.35. The first-order valence-electron chi connectivity index (χ1n) is 10.1. The van der Waals surface area contributed by atoms with Crippen LogP contribution in [0.3, 0.4) is 0 Å². The average molecular weight is 357 g/mol. The van der Waals surface area contributed by atoms with E-state index in [4.69, 9.17) is 9.84 Å². The largest absolute Gasteiger partial charge is 0.481 e. The smallest absolute Gasteiger partial charge is 0.333 e. The fourth-order valence-electron chi connectivity index (χ4n) is 2.17. The van der Waals surface area contributed by atoms with Crippen LogP contribution in [0.2, 0.25) is 0 Å². The Morgan fingerprint density at radius 2 is 1.28 bits per heavy atom. The van der Waals surface area contributed by atoms with Crippen molar-refractivity contribution >= 4 is 11.9 Å². The van der Waals surface area contributed by atoms with E-state index < -0.39 is 5.97 Å². The predicted molar refractivity (Wildman–Crippen MR) is 105 cm³/mol. The molecule has 0 unspecified atom stereocenters. The summed E-state index contributed by atoms with van der Waals surface area (Å²) in [6.07, 6.45) is 13.8. The second kappa shape index (κ2) is 20.7. The van der Waals surface area contributed by atoms with Crippen LogP contribution in [0.25, 0.3) is 0 Å². The second-order valence-electron chi connectivity index (χ2n) is 6.42. The van der Waals surface area contributed by atoms with Crippen LogP contribution in [0.5, 0.6) is 0 Å². The molecule has 0 atom stereocenters. The minimum atomic E-state index is -0.663. The van der Waals surface area contributed by atoms with Crippen molar-refractivity contribution in [2.75, 3.05) is 6.61 Å². The van der Waals surface area contributed by atoms with Gasteiger partial charge in [0.05, 0.1) is 6.61 Å². The third kappa shape index (κ3) is 22.7. The molecule has 0 radical (unpaired) electrons. The molecule has 4 heteroatoms. The number of carboxylic acids is 1. The zero-order chi connectivity index (χ0) is 19.3. The van der Waals surface area contributed by atoms with E-state index >= 15 is 0 Å². The zero-order valence-corrected chi connectivity index (χ0v) is 16.8. The van der Waals surface area contributed by atoms with Crippen molar-refractivity contribution in [1.29, 1.82) is 0 Å². The molecule has 0 amide bonds. The highest BCUT2D eigenvalue weighted by Gasteiger charge is 2.04. The van der Waals surface area contributed by atoms with Gasteiger partial charge in [-0.1, -0.05) is 85.1 Å². The number of hydrogen-bond acceptors (Lipinski definition) is 3. The molecule has 0 aromatic rings. The predicted octanol–water partition coefficient (Wildman–Crippen LogP) is 6.29. The van der Waals surface area contributed by atoms with E-state index in [9.17, 15) is 9.59 Å². The first kappa shape index (κ1) is 25.9. The van der Waals surface area contributed by atoms with Crippen molar-refractivity contribution in [2.45, 2.75) is 104 Å². The Balaban J connectivity index is 0. The molecule has 0 aliphatic heterocycles. The molecule has 25 heavy (non-hydrogen) atoms. The summed E-state index contributed by atoms with van der Waals surface area (Å²) < 4.78 is 5.00. The Hall–Kier alpha value is -1.32. The fourth-order valence-corrected chi connectivity index (χ4v) is 2.17. The lowest BCUT2D eigenvalue weighted by molar-refractivity contribution is -0.139. The minimum absolute atomic E-state index is 0.237. The molecule has 0 spiro atoms. The Kier molecular flexibility index (Phi) is 21.5. The molecule has 4 nitrogen and oxygen atoms in total. The summed E-state index contributed by atoms with van der Waals surface area (Å²) >= 11 is 0. The number of carbonyl (C=O) groups is 2. The number of carboxylic acid groups (broad SMARTS) is 1. The summed E-state index contributed by atoms with van der Waals surface area (Å²) in [5.41, 5.74) is 0.565. The number of unbranched alkanes of at least 4 members (excludes halogenated alkanes) is 9. The molecule has 0 heterocycles. The molecule has 0 bridgehead atoms. The first-order valence-corrected chi connectivity index (χ1v) is 10.1. The molecule has 0 aliphatic carbocycles. The lowest BCUT2D eigenvalue weighted by atomic mass is 10.1. The van der Waals surface area contributed by atoms with Gasteiger partial charge in [0.2, 0.25) is 0 Å². The molecular formula is C21H40O4. The van der Waals surface area contributed by atoms with E-state index in [0.717, 1.165) is 25.7 Å². The third-order valence-corrected chi connectivity index (χ3v) is 3.94. The van der Waals surface area contributed by atoms with Gasteiger partial charge in [-0.2, -0.15) is 0 Å². The van der Waals surface area contributed by atoms with Gasteiger partial charge in [0, 0.05) is 12.0 Å². The third-order valence-electron chi connectivity index (χ3n) is 3.94. The standard InChI is InChI=1S/C11H20O2.C10H20O2/c1-4-6-7-8-9-13-11(12)10(3)5-2;1-2-3-4-5-6-7-8-9-10(11)12/h3-9H2,1-2H3;2-9H2,1H3,(H,11,12). The SMILES string of the molecule is C=C(CC)C(=O)OCCCCCC.CCCCCCCCCC(=O)O. The molecule has 0 saturated carbocycles. The van der Waals surface area contributed by atoms with Crippen molar-refractivity contribution < 1.29 is 19.4 Å². The van der Waals surface area contributed by atoms with Gasteiger partial charge in [-0.25, -0.2) is 4.79 Å². The average Bonchev–Trinajstić information content (AvgIpc) is 2.60. The van der Waals surface area contributed by atoms with E-state index in [2.05, 4.69) is 20.4 Å². The molecule has 0 saturated heterocycles. The molecule has 148 valence electrons. The molecule has 1 N–H and O–H groups in total. The summed E-state index contributed by atoms with van der Waals surface area (Å²) in [6.45, 7) is 10.4. The van der Waals surface area contributed by atoms with Crippen molar-refractivity contribution in [3.63, 3.8) is 0 Å². The lowest BCUT2D eigenvalue weighted by Crippen LogP contribution is -2.07. The molecule has 0 aromatic heterocycles. The fraction of sp³-hybridized carbons (Fsp3) is 0.810. The Labute approximate surface area is 155 Å². The maximum atomic E-state index is 11.1. The van der Waals surface area contributed by atoms with Gasteiger partial charge in [-0.05, 0) is 19.3 Å². The van der Waals surface area contributed by atoms with Crippen LogP contribution in [0.4, 0.5) is 0 Å². The summed E-state index contributed by atoms with van der Waals surface area (Å²) in [6, 6.07) is 0. The van der Waals surface area contributed by atoms with Gasteiger partial charge in [0.15, 0.2) is 0 Å². The summed E-state index contributed by atoms with van der Waals surface area (Å²) in [4.78, 5) is 21.2. The highest BCUT2D eigenvalue weighted by molar-refractivity contribution is 5.87. The van der Waals surface area contributed by atoms with E-state index in [0.29, 0.717) is 25.0 Å². The van der Waals surface area contributed by atoms with E-state index in [1.54, 1.807) is 0 Å². The Bertz CT molecular complexity index is 337. The van der Waals surface area contributed by atoms with Gasteiger partial charge in [-0.3, -0.25) is 4.79 Å². The van der Waals surface area contributed by atoms with E-state index in [-0.39, 0.29) is 5.97 Å². The van der Waals surface area contributed by atoms with Crippen LogP contribution < -0.4 is 0 Å². The molecule has 0 aromatic carbocycles. The maximum Gasteiger partial charge on any atom is 0.333 e. The van der Waals surface area contributed by atoms with Crippen LogP contribution >= 0.6 is 0 Å². The van der Waals surface area contributed by atoms with Crippen LogP contribution in [-0.2, 0) is 14.3 Å². The van der Waals surface area contributed by atoms with Crippen molar-refractivity contribution in [3.05, 3.63) is 12.2 Å². The number of hydrogen-bond donors (Lipinski definition) is 1. The van der Waals surface area contributed by atoms with E-state index in [1.165, 1.54) is 44.9 Å². The van der Waals surface area contributed by atoms with Crippen LogP contribution in [0.15, 0.2) is 12.2 Å². The van der Waals surface area contributed by atoms with Gasteiger partial charge >= 0.3 is 11.9 Å². The minimum Gasteiger partial charge on any atom is -0.481 e. The normalized spacial score (nSPS) is 9.88. The van der Waals surface area contributed by atoms with Crippen LogP contribution in [-0.4, -0.2) is 23.7 Å². The van der Waals surface area contributed by atoms with Crippen LogP contribution in [0, 0.1) is 0 Å². The topological polar surface area (TPSA) is 63.6 Å². The van der Waals surface area contributed by atoms with Gasteiger partial charge in [0.1, 0.15) is 0 Å². The van der Waals surface area contributed by atoms with Crippen LogP contribution in [0.1, 0.15) is 104 Å². The number of ether oxygens (including phenoxy) is 1. The molecule has 0 fully saturated rings. The molecule has 0 rings (SSSR count). The number of aliphatic carboxylic acids is 1. The van der Waals surface area contributed by atoms with Crippen molar-refractivity contribution in [3.8, 4) is 0 Å². The quantitative estimate of drug-likeness (QED) is 0.213. The highest BCUT2D eigenvalue weighted by Crippen LogP contribution is 2.08. The first-order chi connectivity index (χ1) is 12.0. The number of esters is 1. The van der Waals surface area contributed by atoms with Gasteiger partial charge < -0.3 is 9.84 Å². The maximum absolute atomic E-state index is 11.1. The Morgan fingerprint density at radius 3 is 1.76 bits per heavy atom. The summed E-state index contributed by atoms with van der Waals surface area (Å²) in [7, 11) is 0. The molecule has 0 aliphatic rings. The van der Waals surface area contributed by atoms with Crippen molar-refractivity contribution in [2.24, 2.45) is 0 Å². The zero-order valence-electron chi connectivity index (χ0n) is 16.8. The van der Waals surface area contributed by atoms with Gasteiger partial charge in [0.25, 0.3) is 0 Å². The van der Waals surface area contributed by atoms with Gasteiger partial charge in [-0.15, -0.1) is 0 Å². The summed E-state index contributed by atoms with van der Waals surface area (Å²) in [5.74, 6) is -0.900. The highest BCUT2D eigenvalue weighted by atomic mass is 16.5. The second-order valence-corrected chi connectivity index (χ2v) is 6.42. The molecular weight excluding hydrogens is 316 g/mol. The number of rotatable bonds is 15. The number of carbonyl (C=O) groups excluding carboxylic acids is 1. The van der Waals surface area contributed by atoms with E-state index in [1.807, 2.05) is 6.92 Å². The van der Waals surface area contributed by atoms with Crippen molar-refractivity contribution in [1.82, 2.24) is 0 Å². The lowest BCUT2D eigenvalue weighted by Gasteiger charge is -2.04. The monoisotopic (exact) mass is 356 g/mol. The Morgan fingerprint density at radius 1 is 0.800 bits per heavy atom.